The number of anilines is 2. The zero-order chi connectivity index (χ0) is 16.3. The third kappa shape index (κ3) is 3.85. The molecule has 0 fully saturated rings. The minimum Gasteiger partial charge on any atom is -0.311 e. The summed E-state index contributed by atoms with van der Waals surface area (Å²) in [5.41, 5.74) is 2.35. The van der Waals surface area contributed by atoms with Crippen molar-refractivity contribution in [2.45, 2.75) is 6.92 Å². The Morgan fingerprint density at radius 3 is 2.32 bits per heavy atom. The van der Waals surface area contributed by atoms with Crippen LogP contribution in [-0.4, -0.2) is 27.6 Å². The number of aryl methyl sites for hydroxylation is 1. The lowest BCUT2D eigenvalue weighted by Crippen LogP contribution is -2.26. The van der Waals surface area contributed by atoms with Crippen LogP contribution in [0.1, 0.15) is 15.9 Å². The summed E-state index contributed by atoms with van der Waals surface area (Å²) in [5, 5.41) is 0. The maximum atomic E-state index is 12.5. The summed E-state index contributed by atoms with van der Waals surface area (Å²) in [4.78, 5) is 14.0. The van der Waals surface area contributed by atoms with Crippen molar-refractivity contribution in [3.8, 4) is 0 Å². The Morgan fingerprint density at radius 1 is 1.09 bits per heavy atom. The number of hydrogen-bond acceptors (Lipinski definition) is 3. The lowest BCUT2D eigenvalue weighted by atomic mass is 10.1. The molecule has 1 N–H and O–H groups in total. The molecule has 0 aromatic heterocycles. The molecule has 1 amide bonds. The molecule has 0 aliphatic carbocycles. The van der Waals surface area contributed by atoms with Gasteiger partial charge in [0.1, 0.15) is 0 Å². The van der Waals surface area contributed by atoms with Crippen molar-refractivity contribution in [2.75, 3.05) is 22.9 Å². The highest BCUT2D eigenvalue weighted by Crippen LogP contribution is 2.21. The highest BCUT2D eigenvalue weighted by molar-refractivity contribution is 7.92. The molecule has 0 heterocycles. The molecule has 0 radical (unpaired) electrons. The number of benzene rings is 2. The molecule has 0 bridgehead atoms. The van der Waals surface area contributed by atoms with E-state index in [9.17, 15) is 13.2 Å². The first-order valence-corrected chi connectivity index (χ1v) is 8.58. The van der Waals surface area contributed by atoms with Gasteiger partial charge < -0.3 is 4.90 Å². The predicted molar refractivity (Wildman–Crippen MR) is 88.8 cm³/mol. The predicted octanol–water partition coefficient (Wildman–Crippen LogP) is 2.64. The molecule has 0 saturated carbocycles. The average Bonchev–Trinajstić information content (AvgIpc) is 2.47. The Bertz CT molecular complexity index is 786. The second-order valence-corrected chi connectivity index (χ2v) is 6.85. The monoisotopic (exact) mass is 318 g/mol. The minimum absolute atomic E-state index is 0.206. The molecule has 116 valence electrons. The van der Waals surface area contributed by atoms with Gasteiger partial charge in [0.25, 0.3) is 5.91 Å². The molecule has 5 nitrogen and oxygen atoms in total. The van der Waals surface area contributed by atoms with Crippen LogP contribution in [0.25, 0.3) is 0 Å². The Kier molecular flexibility index (Phi) is 4.51. The largest absolute Gasteiger partial charge is 0.311 e. The van der Waals surface area contributed by atoms with E-state index in [0.717, 1.165) is 17.5 Å². The van der Waals surface area contributed by atoms with Crippen molar-refractivity contribution in [2.24, 2.45) is 0 Å². The smallest absolute Gasteiger partial charge is 0.258 e. The second-order valence-electron chi connectivity index (χ2n) is 5.10. The van der Waals surface area contributed by atoms with E-state index in [0.29, 0.717) is 11.3 Å². The fourth-order valence-corrected chi connectivity index (χ4v) is 2.65. The normalized spacial score (nSPS) is 11.0. The summed E-state index contributed by atoms with van der Waals surface area (Å²) in [7, 11) is -1.71. The van der Waals surface area contributed by atoms with Crippen molar-refractivity contribution in [3.05, 3.63) is 59.7 Å². The lowest BCUT2D eigenvalue weighted by Gasteiger charge is -2.18. The van der Waals surface area contributed by atoms with Crippen molar-refractivity contribution in [1.82, 2.24) is 0 Å². The van der Waals surface area contributed by atoms with Gasteiger partial charge in [-0.3, -0.25) is 9.52 Å². The van der Waals surface area contributed by atoms with E-state index < -0.39 is 10.0 Å². The van der Waals surface area contributed by atoms with Gasteiger partial charge in [-0.1, -0.05) is 24.3 Å². The van der Waals surface area contributed by atoms with Gasteiger partial charge in [-0.15, -0.1) is 0 Å². The number of amides is 1. The van der Waals surface area contributed by atoms with Gasteiger partial charge in [0.15, 0.2) is 0 Å². The molecule has 0 unspecified atom stereocenters. The van der Waals surface area contributed by atoms with E-state index in [1.807, 2.05) is 30.3 Å². The van der Waals surface area contributed by atoms with Gasteiger partial charge in [-0.05, 0) is 36.8 Å². The van der Waals surface area contributed by atoms with Crippen LogP contribution in [0.3, 0.4) is 0 Å². The lowest BCUT2D eigenvalue weighted by molar-refractivity contribution is 0.0993. The molecular formula is C16H18N2O3S. The molecule has 2 aromatic rings. The zero-order valence-corrected chi connectivity index (χ0v) is 13.5. The van der Waals surface area contributed by atoms with Crippen LogP contribution in [0.4, 0.5) is 11.4 Å². The van der Waals surface area contributed by atoms with Gasteiger partial charge in [0.2, 0.25) is 10.0 Å². The van der Waals surface area contributed by atoms with E-state index in [1.165, 1.54) is 4.90 Å². The third-order valence-electron chi connectivity index (χ3n) is 3.23. The molecule has 0 spiro atoms. The van der Waals surface area contributed by atoms with E-state index >= 15 is 0 Å². The highest BCUT2D eigenvalue weighted by Gasteiger charge is 2.15. The number of carbonyl (C=O) groups is 1. The Hall–Kier alpha value is -2.34. The van der Waals surface area contributed by atoms with Crippen LogP contribution in [0, 0.1) is 6.92 Å². The second kappa shape index (κ2) is 6.19. The highest BCUT2D eigenvalue weighted by atomic mass is 32.2. The molecule has 0 saturated heterocycles. The van der Waals surface area contributed by atoms with Crippen molar-refractivity contribution >= 4 is 27.3 Å². The van der Waals surface area contributed by atoms with Crippen LogP contribution in [0.5, 0.6) is 0 Å². The zero-order valence-electron chi connectivity index (χ0n) is 12.7. The fraction of sp³-hybridized carbons (Fsp3) is 0.188. The fourth-order valence-electron chi connectivity index (χ4n) is 2.03. The van der Waals surface area contributed by atoms with E-state index in [2.05, 4.69) is 4.72 Å². The molecule has 2 rings (SSSR count). The maximum Gasteiger partial charge on any atom is 0.258 e. The summed E-state index contributed by atoms with van der Waals surface area (Å²) in [6.45, 7) is 1.78. The SMILES string of the molecule is Cc1ccc(C(=O)N(C)c2ccccc2)cc1NS(C)(=O)=O. The molecular weight excluding hydrogens is 300 g/mol. The van der Waals surface area contributed by atoms with Crippen molar-refractivity contribution in [3.63, 3.8) is 0 Å². The number of nitrogens with zero attached hydrogens (tertiary/aromatic N) is 1. The first kappa shape index (κ1) is 16.0. The summed E-state index contributed by atoms with van der Waals surface area (Å²) in [6.07, 6.45) is 1.08. The van der Waals surface area contributed by atoms with E-state index in [-0.39, 0.29) is 5.91 Å². The van der Waals surface area contributed by atoms with Gasteiger partial charge in [0, 0.05) is 18.3 Å². The maximum absolute atomic E-state index is 12.5. The van der Waals surface area contributed by atoms with Crippen LogP contribution < -0.4 is 9.62 Å². The standard InChI is InChI=1S/C16H18N2O3S/c1-12-9-10-13(11-15(12)17-22(3,20)21)16(19)18(2)14-7-5-4-6-8-14/h4-11,17H,1-3H3. The number of nitrogens with one attached hydrogen (secondary N) is 1. The van der Waals surface area contributed by atoms with Crippen molar-refractivity contribution in [1.29, 1.82) is 0 Å². The summed E-state index contributed by atoms with van der Waals surface area (Å²) < 4.78 is 25.2. The van der Waals surface area contributed by atoms with Crippen LogP contribution in [0.2, 0.25) is 0 Å². The number of para-hydroxylation sites is 1. The van der Waals surface area contributed by atoms with Crippen LogP contribution in [0.15, 0.2) is 48.5 Å². The number of rotatable bonds is 4. The quantitative estimate of drug-likeness (QED) is 0.942. The molecule has 6 heteroatoms. The van der Waals surface area contributed by atoms with Gasteiger partial charge in [-0.2, -0.15) is 0 Å². The minimum atomic E-state index is -3.39. The van der Waals surface area contributed by atoms with Crippen LogP contribution in [-0.2, 0) is 10.0 Å². The summed E-state index contributed by atoms with van der Waals surface area (Å²) in [5.74, 6) is -0.206. The van der Waals surface area contributed by atoms with Gasteiger partial charge in [-0.25, -0.2) is 8.42 Å². The van der Waals surface area contributed by atoms with Crippen LogP contribution >= 0.6 is 0 Å². The first-order chi connectivity index (χ1) is 10.3. The number of sulfonamides is 1. The van der Waals surface area contributed by atoms with E-state index in [4.69, 9.17) is 0 Å². The Balaban J connectivity index is 2.33. The molecule has 0 atom stereocenters. The topological polar surface area (TPSA) is 66.5 Å². The molecule has 0 aliphatic rings. The molecule has 22 heavy (non-hydrogen) atoms. The Labute approximate surface area is 130 Å². The summed E-state index contributed by atoms with van der Waals surface area (Å²) >= 11 is 0. The van der Waals surface area contributed by atoms with Gasteiger partial charge in [0.05, 0.1) is 11.9 Å². The number of carbonyl (C=O) groups excluding carboxylic acids is 1. The molecule has 0 aliphatic heterocycles. The molecule has 2 aromatic carbocycles. The van der Waals surface area contributed by atoms with Gasteiger partial charge >= 0.3 is 0 Å². The summed E-state index contributed by atoms with van der Waals surface area (Å²) in [6, 6.07) is 14.2. The number of hydrogen-bond donors (Lipinski definition) is 1. The Morgan fingerprint density at radius 2 is 1.73 bits per heavy atom. The average molecular weight is 318 g/mol. The first-order valence-electron chi connectivity index (χ1n) is 6.69. The van der Waals surface area contributed by atoms with E-state index in [1.54, 1.807) is 32.2 Å². The third-order valence-corrected chi connectivity index (χ3v) is 3.82. The van der Waals surface area contributed by atoms with Crippen molar-refractivity contribution < 1.29 is 13.2 Å².